The van der Waals surface area contributed by atoms with Crippen LogP contribution in [0.5, 0.6) is 5.75 Å². The van der Waals surface area contributed by atoms with E-state index in [2.05, 4.69) is 26.0 Å². The third-order valence-corrected chi connectivity index (χ3v) is 7.18. The Labute approximate surface area is 172 Å². The molecule has 0 aliphatic heterocycles. The molecule has 2 aromatic rings. The van der Waals surface area contributed by atoms with Crippen LogP contribution in [-0.2, 0) is 15.6 Å². The molecular formula is C20H21BrN2O4S. The van der Waals surface area contributed by atoms with Gasteiger partial charge in [-0.3, -0.25) is 4.79 Å². The summed E-state index contributed by atoms with van der Waals surface area (Å²) in [5.41, 5.74) is 0.949. The Bertz CT molecular complexity index is 1010. The first-order valence-electron chi connectivity index (χ1n) is 9.12. The van der Waals surface area contributed by atoms with Gasteiger partial charge >= 0.3 is 0 Å². The van der Waals surface area contributed by atoms with Crippen LogP contribution in [0.15, 0.2) is 51.8 Å². The molecule has 2 aromatic carbocycles. The largest absolute Gasteiger partial charge is 0.495 e. The van der Waals surface area contributed by atoms with Gasteiger partial charge in [-0.15, -0.1) is 0 Å². The van der Waals surface area contributed by atoms with Crippen molar-refractivity contribution in [1.82, 2.24) is 10.0 Å². The Morgan fingerprint density at radius 2 is 1.82 bits per heavy atom. The maximum atomic E-state index is 12.9. The molecule has 148 valence electrons. The molecule has 4 rings (SSSR count). The first-order valence-corrected chi connectivity index (χ1v) is 11.4. The number of hydrogen-bond acceptors (Lipinski definition) is 4. The summed E-state index contributed by atoms with van der Waals surface area (Å²) in [6, 6.07) is 12.3. The van der Waals surface area contributed by atoms with Gasteiger partial charge in [0.15, 0.2) is 0 Å². The van der Waals surface area contributed by atoms with Gasteiger partial charge < -0.3 is 10.1 Å². The van der Waals surface area contributed by atoms with Crippen LogP contribution in [0.2, 0.25) is 0 Å². The van der Waals surface area contributed by atoms with Crippen LogP contribution >= 0.6 is 15.9 Å². The van der Waals surface area contributed by atoms with E-state index in [1.54, 1.807) is 6.07 Å². The minimum atomic E-state index is -3.74. The Kier molecular flexibility index (Phi) is 4.97. The van der Waals surface area contributed by atoms with Crippen LogP contribution in [0.1, 0.15) is 41.6 Å². The lowest BCUT2D eigenvalue weighted by Crippen LogP contribution is -2.35. The van der Waals surface area contributed by atoms with Crippen LogP contribution in [0.25, 0.3) is 0 Å². The van der Waals surface area contributed by atoms with E-state index in [4.69, 9.17) is 4.74 Å². The van der Waals surface area contributed by atoms with E-state index in [1.165, 1.54) is 19.2 Å². The van der Waals surface area contributed by atoms with Gasteiger partial charge in [0.1, 0.15) is 10.6 Å². The first-order chi connectivity index (χ1) is 13.3. The summed E-state index contributed by atoms with van der Waals surface area (Å²) in [7, 11) is -2.33. The van der Waals surface area contributed by atoms with Crippen LogP contribution < -0.4 is 14.8 Å². The molecule has 2 aliphatic carbocycles. The van der Waals surface area contributed by atoms with Crippen molar-refractivity contribution in [2.75, 3.05) is 7.11 Å². The number of methoxy groups -OCH3 is 1. The number of halogens is 1. The fraction of sp³-hybridized carbons (Fsp3) is 0.350. The van der Waals surface area contributed by atoms with E-state index in [0.29, 0.717) is 5.56 Å². The summed E-state index contributed by atoms with van der Waals surface area (Å²) >= 11 is 3.42. The van der Waals surface area contributed by atoms with E-state index in [1.807, 2.05) is 24.3 Å². The summed E-state index contributed by atoms with van der Waals surface area (Å²) in [5.74, 6) is -0.0790. The molecule has 1 amide bonds. The third kappa shape index (κ3) is 3.94. The second-order valence-corrected chi connectivity index (χ2v) is 9.90. The summed E-state index contributed by atoms with van der Waals surface area (Å²) < 4.78 is 34.1. The number of sulfonamides is 1. The second-order valence-electron chi connectivity index (χ2n) is 7.30. The maximum absolute atomic E-state index is 12.9. The smallest absolute Gasteiger partial charge is 0.252 e. The predicted molar refractivity (Wildman–Crippen MR) is 109 cm³/mol. The van der Waals surface area contributed by atoms with E-state index in [9.17, 15) is 13.2 Å². The predicted octanol–water partition coefficient (Wildman–Crippen LogP) is 3.32. The van der Waals surface area contributed by atoms with Crippen LogP contribution in [0, 0.1) is 0 Å². The topological polar surface area (TPSA) is 84.5 Å². The molecule has 2 saturated carbocycles. The molecule has 8 heteroatoms. The monoisotopic (exact) mass is 464 g/mol. The molecule has 0 spiro atoms. The first kappa shape index (κ1) is 19.4. The van der Waals surface area contributed by atoms with Gasteiger partial charge in [-0.2, -0.15) is 0 Å². The molecule has 0 atom stereocenters. The van der Waals surface area contributed by atoms with Crippen molar-refractivity contribution >= 4 is 31.9 Å². The van der Waals surface area contributed by atoms with E-state index < -0.39 is 10.0 Å². The Morgan fingerprint density at radius 3 is 2.39 bits per heavy atom. The average Bonchev–Trinajstić information content (AvgIpc) is 3.59. The van der Waals surface area contributed by atoms with Gasteiger partial charge in [-0.1, -0.05) is 28.1 Å². The van der Waals surface area contributed by atoms with Gasteiger partial charge in [-0.25, -0.2) is 13.1 Å². The van der Waals surface area contributed by atoms with Gasteiger partial charge in [0.2, 0.25) is 10.0 Å². The van der Waals surface area contributed by atoms with E-state index in [0.717, 1.165) is 35.7 Å². The number of ether oxygens (including phenoxy) is 1. The van der Waals surface area contributed by atoms with Gasteiger partial charge in [0, 0.05) is 16.1 Å². The van der Waals surface area contributed by atoms with Crippen molar-refractivity contribution in [3.63, 3.8) is 0 Å². The SMILES string of the molecule is COc1ccc(C(=O)NC2(c3ccc(Br)cc3)CC2)cc1S(=O)(=O)NC1CC1. The lowest BCUT2D eigenvalue weighted by Gasteiger charge is -2.19. The van der Waals surface area contributed by atoms with Crippen molar-refractivity contribution in [2.45, 2.75) is 42.2 Å². The van der Waals surface area contributed by atoms with Crippen molar-refractivity contribution in [2.24, 2.45) is 0 Å². The van der Waals surface area contributed by atoms with Crippen molar-refractivity contribution in [3.8, 4) is 5.75 Å². The highest BCUT2D eigenvalue weighted by atomic mass is 79.9. The van der Waals surface area contributed by atoms with Crippen LogP contribution in [0.4, 0.5) is 0 Å². The molecule has 0 unspecified atom stereocenters. The molecule has 2 N–H and O–H groups in total. The van der Waals surface area contributed by atoms with Crippen LogP contribution in [0.3, 0.4) is 0 Å². The van der Waals surface area contributed by atoms with E-state index >= 15 is 0 Å². The second kappa shape index (κ2) is 7.17. The summed E-state index contributed by atoms with van der Waals surface area (Å²) in [5, 5.41) is 3.08. The highest BCUT2D eigenvalue weighted by Crippen LogP contribution is 2.46. The molecule has 0 bridgehead atoms. The van der Waals surface area contributed by atoms with Gasteiger partial charge in [-0.05, 0) is 61.6 Å². The fourth-order valence-corrected chi connectivity index (χ4v) is 4.95. The normalized spacial score (nSPS) is 17.8. The van der Waals surface area contributed by atoms with E-state index in [-0.39, 0.29) is 28.1 Å². The van der Waals surface area contributed by atoms with Crippen LogP contribution in [-0.4, -0.2) is 27.5 Å². The number of carbonyl (C=O) groups excluding carboxylic acids is 1. The number of benzene rings is 2. The van der Waals surface area contributed by atoms with Crippen molar-refractivity contribution in [3.05, 3.63) is 58.1 Å². The third-order valence-electron chi connectivity index (χ3n) is 5.11. The number of amides is 1. The molecule has 0 saturated heterocycles. The quantitative estimate of drug-likeness (QED) is 0.657. The van der Waals surface area contributed by atoms with Crippen molar-refractivity contribution in [1.29, 1.82) is 0 Å². The number of carbonyl (C=O) groups is 1. The summed E-state index contributed by atoms with van der Waals surface area (Å²) in [6.07, 6.45) is 3.37. The maximum Gasteiger partial charge on any atom is 0.252 e. The van der Waals surface area contributed by atoms with Crippen molar-refractivity contribution < 1.29 is 17.9 Å². The Balaban J connectivity index is 1.59. The highest BCUT2D eigenvalue weighted by Gasteiger charge is 2.45. The fourth-order valence-electron chi connectivity index (χ4n) is 3.18. The molecule has 0 heterocycles. The van der Waals surface area contributed by atoms with Gasteiger partial charge in [0.25, 0.3) is 5.91 Å². The average molecular weight is 465 g/mol. The van der Waals surface area contributed by atoms with Gasteiger partial charge in [0.05, 0.1) is 12.6 Å². The number of nitrogens with one attached hydrogen (secondary N) is 2. The standard InChI is InChI=1S/C20H21BrN2O4S/c1-27-17-9-2-13(12-18(17)28(25,26)23-16-7-8-16)19(24)22-20(10-11-20)14-3-5-15(21)6-4-14/h2-6,9,12,16,23H,7-8,10-11H2,1H3,(H,22,24). The highest BCUT2D eigenvalue weighted by molar-refractivity contribution is 9.10. The molecule has 2 aliphatic rings. The minimum absolute atomic E-state index is 0.0111. The lowest BCUT2D eigenvalue weighted by atomic mass is 10.0. The Morgan fingerprint density at radius 1 is 1.14 bits per heavy atom. The molecule has 2 fully saturated rings. The number of hydrogen-bond donors (Lipinski definition) is 2. The molecule has 0 aromatic heterocycles. The molecule has 28 heavy (non-hydrogen) atoms. The summed E-state index contributed by atoms with van der Waals surface area (Å²) in [6.45, 7) is 0. The molecule has 0 radical (unpaired) electrons. The summed E-state index contributed by atoms with van der Waals surface area (Å²) in [4.78, 5) is 12.9. The molecular weight excluding hydrogens is 444 g/mol. The molecule has 6 nitrogen and oxygen atoms in total. The zero-order chi connectivity index (χ0) is 19.9. The lowest BCUT2D eigenvalue weighted by molar-refractivity contribution is 0.0930. The Hall–Kier alpha value is -1.90. The zero-order valence-corrected chi connectivity index (χ0v) is 17.8. The number of rotatable bonds is 7. The zero-order valence-electron chi connectivity index (χ0n) is 15.4. The minimum Gasteiger partial charge on any atom is -0.495 e.